The number of hydrogen-bond donors (Lipinski definition) is 0. The van der Waals surface area contributed by atoms with Gasteiger partial charge in [-0.25, -0.2) is 11.6 Å². The van der Waals surface area contributed by atoms with E-state index < -0.39 is 0 Å². The molecule has 2 aliphatic rings. The molecule has 33 heavy (non-hydrogen) atoms. The van der Waals surface area contributed by atoms with Crippen molar-refractivity contribution in [1.82, 2.24) is 0 Å². The van der Waals surface area contributed by atoms with Crippen molar-refractivity contribution in [2.75, 3.05) is 0 Å². The molecular formula is C30H32Cl2Zr-2. The first-order chi connectivity index (χ1) is 15.0. The Balaban J connectivity index is 0.000000285. The first kappa shape index (κ1) is 29.6. The second kappa shape index (κ2) is 14.8. The Kier molecular flexibility index (Phi) is 13.3. The van der Waals surface area contributed by atoms with Gasteiger partial charge in [0.2, 0.25) is 0 Å². The van der Waals surface area contributed by atoms with Gasteiger partial charge in [0.05, 0.1) is 0 Å². The van der Waals surface area contributed by atoms with Crippen molar-refractivity contribution >= 4 is 15.4 Å². The number of aryl methyl sites for hydroxylation is 2. The molecule has 3 heteroatoms. The van der Waals surface area contributed by atoms with Gasteiger partial charge in [-0.15, -0.1) is 23.8 Å². The van der Waals surface area contributed by atoms with Crippen LogP contribution in [0.15, 0.2) is 61.7 Å². The summed E-state index contributed by atoms with van der Waals surface area (Å²) >= 11 is 1.69. The van der Waals surface area contributed by atoms with Crippen LogP contribution >= 0.6 is 0 Å². The molecule has 3 aromatic rings. The van der Waals surface area contributed by atoms with Crippen LogP contribution < -0.4 is 24.8 Å². The number of fused-ring (bicyclic) bond motifs is 3. The van der Waals surface area contributed by atoms with Crippen LogP contribution in [-0.4, -0.2) is 3.21 Å². The van der Waals surface area contributed by atoms with E-state index in [0.29, 0.717) is 0 Å². The van der Waals surface area contributed by atoms with Crippen LogP contribution in [0.1, 0.15) is 65.5 Å². The molecule has 0 atom stereocenters. The predicted octanol–water partition coefficient (Wildman–Crippen LogP) is 2.04. The summed E-state index contributed by atoms with van der Waals surface area (Å²) in [5, 5.41) is 0. The zero-order valence-electron chi connectivity index (χ0n) is 19.7. The number of halogens is 2. The summed E-state index contributed by atoms with van der Waals surface area (Å²) in [6.07, 6.45) is 12.1. The Morgan fingerprint density at radius 2 is 1.58 bits per heavy atom. The van der Waals surface area contributed by atoms with E-state index in [9.17, 15) is 0 Å². The molecule has 0 N–H and O–H groups in total. The SMILES string of the molecule is C=Cc1c[c-]c2c(c1)-c1cc(C=C)ccc1C2.Cc1c[cH-]c(C)c1.[Cl-].[Cl-].[Zr+2]=[C]1CCCCC1. The number of benzene rings is 2. The van der Waals surface area contributed by atoms with Crippen molar-refractivity contribution in [1.29, 1.82) is 0 Å². The van der Waals surface area contributed by atoms with Gasteiger partial charge in [-0.3, -0.25) is 0 Å². The standard InChI is InChI=1S/C17H13.C7H9.C6H10.2ClH.Zr/c1-3-12-5-7-14-11-15-8-6-13(4-2)10-17(15)16(14)9-12;1-6-3-4-7(2)5-6;1-2-4-6-5-3-1;;;/h3-7,9-10H,1-2,11H2;3-5H,1-2H3;1-5H2;2*1H;/q2*-1;;;;+2/p-2. The van der Waals surface area contributed by atoms with Crippen molar-refractivity contribution in [3.63, 3.8) is 0 Å². The van der Waals surface area contributed by atoms with E-state index in [-0.39, 0.29) is 24.8 Å². The molecule has 0 radical (unpaired) electrons. The summed E-state index contributed by atoms with van der Waals surface area (Å²) in [5.74, 6) is 0. The van der Waals surface area contributed by atoms with E-state index in [1.807, 2.05) is 18.2 Å². The Labute approximate surface area is 227 Å². The molecule has 0 bridgehead atoms. The van der Waals surface area contributed by atoms with Crippen LogP contribution in [0.4, 0.5) is 0 Å². The van der Waals surface area contributed by atoms with E-state index in [2.05, 4.69) is 75.5 Å². The third kappa shape index (κ3) is 8.71. The Bertz CT molecular complexity index is 995. The fourth-order valence-corrected chi connectivity index (χ4v) is 4.93. The average molecular weight is 555 g/mol. The Hall–Kier alpha value is -1.40. The van der Waals surface area contributed by atoms with Crippen molar-refractivity contribution < 1.29 is 49.0 Å². The molecule has 172 valence electrons. The molecule has 0 aliphatic heterocycles. The molecule has 5 rings (SSSR count). The molecule has 0 unspecified atom stereocenters. The van der Waals surface area contributed by atoms with Gasteiger partial charge >= 0.3 is 59.5 Å². The van der Waals surface area contributed by atoms with Crippen molar-refractivity contribution in [2.24, 2.45) is 0 Å². The van der Waals surface area contributed by atoms with Gasteiger partial charge in [-0.2, -0.15) is 41.5 Å². The Morgan fingerprint density at radius 1 is 0.909 bits per heavy atom. The van der Waals surface area contributed by atoms with Crippen LogP contribution in [0, 0.1) is 19.9 Å². The van der Waals surface area contributed by atoms with Crippen LogP contribution in [0.3, 0.4) is 0 Å². The zero-order chi connectivity index (χ0) is 22.2. The number of rotatable bonds is 2. The summed E-state index contributed by atoms with van der Waals surface area (Å²) in [6.45, 7) is 11.8. The molecule has 2 aliphatic carbocycles. The van der Waals surface area contributed by atoms with Crippen molar-refractivity contribution in [2.45, 2.75) is 52.4 Å². The molecule has 3 aromatic carbocycles. The maximum atomic E-state index is 3.82. The molecule has 0 heterocycles. The van der Waals surface area contributed by atoms with Gasteiger partial charge in [-0.05, 0) is 12.0 Å². The third-order valence-corrected chi connectivity index (χ3v) is 7.06. The normalized spacial score (nSPS) is 12.9. The van der Waals surface area contributed by atoms with E-state index >= 15 is 0 Å². The molecule has 1 saturated carbocycles. The first-order valence-electron chi connectivity index (χ1n) is 11.2. The van der Waals surface area contributed by atoms with Crippen LogP contribution in [-0.2, 0) is 30.7 Å². The fraction of sp³-hybridized carbons (Fsp3) is 0.267. The minimum absolute atomic E-state index is 0. The predicted molar refractivity (Wildman–Crippen MR) is 133 cm³/mol. The molecule has 0 saturated heterocycles. The summed E-state index contributed by atoms with van der Waals surface area (Å²) in [5.41, 5.74) is 10.3. The minimum atomic E-state index is 0. The van der Waals surface area contributed by atoms with Gasteiger partial charge in [0.25, 0.3) is 0 Å². The van der Waals surface area contributed by atoms with Crippen LogP contribution in [0.2, 0.25) is 0 Å². The summed E-state index contributed by atoms with van der Waals surface area (Å²) < 4.78 is 1.80. The maximum absolute atomic E-state index is 3.82. The summed E-state index contributed by atoms with van der Waals surface area (Å²) in [7, 11) is 0. The second-order valence-electron chi connectivity index (χ2n) is 8.46. The molecule has 1 fully saturated rings. The fourth-order valence-electron chi connectivity index (χ4n) is 4.06. The van der Waals surface area contributed by atoms with Crippen molar-refractivity contribution in [3.05, 3.63) is 101 Å². The van der Waals surface area contributed by atoms with Gasteiger partial charge in [0, 0.05) is 0 Å². The van der Waals surface area contributed by atoms with E-state index in [4.69, 9.17) is 0 Å². The van der Waals surface area contributed by atoms with Gasteiger partial charge in [0.15, 0.2) is 0 Å². The van der Waals surface area contributed by atoms with Crippen LogP contribution in [0.5, 0.6) is 0 Å². The molecule has 0 spiro atoms. The first-order valence-corrected chi connectivity index (χ1v) is 12.4. The average Bonchev–Trinajstić information content (AvgIpc) is 3.35. The Morgan fingerprint density at radius 3 is 2.06 bits per heavy atom. The van der Waals surface area contributed by atoms with Gasteiger partial charge in [0.1, 0.15) is 0 Å². The third-order valence-electron chi connectivity index (χ3n) is 5.83. The molecule has 0 amide bonds. The quantitative estimate of drug-likeness (QED) is 0.333. The van der Waals surface area contributed by atoms with E-state index in [0.717, 1.165) is 12.0 Å². The number of hydrogen-bond acceptors (Lipinski definition) is 0. The van der Waals surface area contributed by atoms with Gasteiger partial charge < -0.3 is 24.8 Å². The van der Waals surface area contributed by atoms with E-state index in [1.54, 1.807) is 27.4 Å². The molecule has 0 aromatic heterocycles. The van der Waals surface area contributed by atoms with Crippen LogP contribution in [0.25, 0.3) is 23.3 Å². The summed E-state index contributed by atoms with van der Waals surface area (Å²) in [4.78, 5) is 0. The van der Waals surface area contributed by atoms with Crippen molar-refractivity contribution in [3.8, 4) is 11.1 Å². The topological polar surface area (TPSA) is 0 Å². The second-order valence-corrected chi connectivity index (χ2v) is 10.2. The summed E-state index contributed by atoms with van der Waals surface area (Å²) in [6, 6.07) is 20.5. The van der Waals surface area contributed by atoms with Gasteiger partial charge in [-0.1, -0.05) is 55.8 Å². The van der Waals surface area contributed by atoms with E-state index in [1.165, 1.54) is 71.0 Å². The molecular weight excluding hydrogens is 522 g/mol. The monoisotopic (exact) mass is 552 g/mol. The molecule has 0 nitrogen and oxygen atoms in total. The zero-order valence-corrected chi connectivity index (χ0v) is 23.7.